The SMILES string of the molecule is CC(Cc1cccs1)Nc1cc2c(cc1N)CCC(=O)N2. The highest BCUT2D eigenvalue weighted by molar-refractivity contribution is 7.09. The molecule has 1 aromatic heterocycles. The van der Waals surface area contributed by atoms with E-state index in [1.54, 1.807) is 11.3 Å². The number of carbonyl (C=O) groups excluding carboxylic acids is 1. The first-order chi connectivity index (χ1) is 10.1. The van der Waals surface area contributed by atoms with Gasteiger partial charge < -0.3 is 16.4 Å². The zero-order chi connectivity index (χ0) is 14.8. The molecule has 1 aliphatic heterocycles. The highest BCUT2D eigenvalue weighted by atomic mass is 32.1. The molecule has 1 aliphatic rings. The van der Waals surface area contributed by atoms with Crippen molar-refractivity contribution in [3.05, 3.63) is 40.1 Å². The summed E-state index contributed by atoms with van der Waals surface area (Å²) in [6.07, 6.45) is 2.25. The van der Waals surface area contributed by atoms with Crippen molar-refractivity contribution < 1.29 is 4.79 Å². The smallest absolute Gasteiger partial charge is 0.224 e. The number of thiophene rings is 1. The number of carbonyl (C=O) groups is 1. The first-order valence-corrected chi connectivity index (χ1v) is 8.01. The van der Waals surface area contributed by atoms with Crippen LogP contribution in [0.2, 0.25) is 0 Å². The molecule has 0 spiro atoms. The van der Waals surface area contributed by atoms with Crippen LogP contribution in [0.3, 0.4) is 0 Å². The summed E-state index contributed by atoms with van der Waals surface area (Å²) in [4.78, 5) is 12.8. The average molecular weight is 301 g/mol. The number of hydrogen-bond donors (Lipinski definition) is 3. The van der Waals surface area contributed by atoms with Crippen LogP contribution in [-0.4, -0.2) is 11.9 Å². The highest BCUT2D eigenvalue weighted by Gasteiger charge is 2.17. The third kappa shape index (κ3) is 3.19. The van der Waals surface area contributed by atoms with Crippen molar-refractivity contribution in [1.29, 1.82) is 0 Å². The molecule has 2 aromatic rings. The summed E-state index contributed by atoms with van der Waals surface area (Å²) in [7, 11) is 0. The average Bonchev–Trinajstić information content (AvgIpc) is 2.93. The largest absolute Gasteiger partial charge is 0.397 e. The van der Waals surface area contributed by atoms with Gasteiger partial charge in [0, 0.05) is 29.4 Å². The van der Waals surface area contributed by atoms with Gasteiger partial charge in [-0.2, -0.15) is 0 Å². The summed E-state index contributed by atoms with van der Waals surface area (Å²) in [5, 5.41) is 8.45. The van der Waals surface area contributed by atoms with Crippen molar-refractivity contribution in [2.24, 2.45) is 0 Å². The molecule has 21 heavy (non-hydrogen) atoms. The van der Waals surface area contributed by atoms with Crippen molar-refractivity contribution in [2.45, 2.75) is 32.2 Å². The summed E-state index contributed by atoms with van der Waals surface area (Å²) in [5.41, 5.74) is 9.75. The Balaban J connectivity index is 1.75. The van der Waals surface area contributed by atoms with E-state index in [2.05, 4.69) is 35.1 Å². The molecule has 1 amide bonds. The molecule has 0 saturated heterocycles. The van der Waals surface area contributed by atoms with Crippen LogP contribution in [0.15, 0.2) is 29.6 Å². The molecule has 0 bridgehead atoms. The third-order valence-electron chi connectivity index (χ3n) is 3.66. The number of nitrogens with two attached hydrogens (primary N) is 1. The summed E-state index contributed by atoms with van der Waals surface area (Å²) in [5.74, 6) is 0.0739. The number of aryl methyl sites for hydroxylation is 1. The first-order valence-electron chi connectivity index (χ1n) is 7.13. The van der Waals surface area contributed by atoms with Gasteiger partial charge in [0.05, 0.1) is 11.4 Å². The second kappa shape index (κ2) is 5.77. The number of hydrogen-bond acceptors (Lipinski definition) is 4. The second-order valence-electron chi connectivity index (χ2n) is 5.47. The zero-order valence-electron chi connectivity index (χ0n) is 12.0. The number of amides is 1. The Morgan fingerprint density at radius 2 is 2.29 bits per heavy atom. The van der Waals surface area contributed by atoms with Crippen molar-refractivity contribution in [1.82, 2.24) is 0 Å². The van der Waals surface area contributed by atoms with Crippen LogP contribution in [0.25, 0.3) is 0 Å². The third-order valence-corrected chi connectivity index (χ3v) is 4.56. The van der Waals surface area contributed by atoms with E-state index in [1.165, 1.54) is 4.88 Å². The summed E-state index contributed by atoms with van der Waals surface area (Å²) < 4.78 is 0. The molecule has 4 nitrogen and oxygen atoms in total. The lowest BCUT2D eigenvalue weighted by atomic mass is 10.0. The Hall–Kier alpha value is -2.01. The molecular formula is C16H19N3OS. The number of nitrogens with one attached hydrogen (secondary N) is 2. The van der Waals surface area contributed by atoms with E-state index in [4.69, 9.17) is 5.73 Å². The van der Waals surface area contributed by atoms with Gasteiger partial charge in [0.15, 0.2) is 0 Å². The highest BCUT2D eigenvalue weighted by Crippen LogP contribution is 2.31. The van der Waals surface area contributed by atoms with Crippen molar-refractivity contribution >= 4 is 34.3 Å². The van der Waals surface area contributed by atoms with Crippen LogP contribution in [-0.2, 0) is 17.6 Å². The van der Waals surface area contributed by atoms with Gasteiger partial charge >= 0.3 is 0 Å². The van der Waals surface area contributed by atoms with E-state index in [0.717, 1.165) is 35.5 Å². The van der Waals surface area contributed by atoms with Crippen LogP contribution in [0.5, 0.6) is 0 Å². The van der Waals surface area contributed by atoms with Gasteiger partial charge in [0.25, 0.3) is 0 Å². The van der Waals surface area contributed by atoms with Crippen molar-refractivity contribution in [2.75, 3.05) is 16.4 Å². The minimum absolute atomic E-state index is 0.0739. The molecule has 110 valence electrons. The fourth-order valence-electron chi connectivity index (χ4n) is 2.62. The Bertz CT molecular complexity index is 652. The second-order valence-corrected chi connectivity index (χ2v) is 6.51. The molecule has 5 heteroatoms. The lowest BCUT2D eigenvalue weighted by molar-refractivity contribution is -0.116. The summed E-state index contributed by atoms with van der Waals surface area (Å²) in [6.45, 7) is 2.14. The fraction of sp³-hybridized carbons (Fsp3) is 0.312. The van der Waals surface area contributed by atoms with Crippen LogP contribution >= 0.6 is 11.3 Å². The van der Waals surface area contributed by atoms with E-state index in [1.807, 2.05) is 12.1 Å². The molecule has 1 aromatic carbocycles. The first kappa shape index (κ1) is 13.9. The summed E-state index contributed by atoms with van der Waals surface area (Å²) >= 11 is 1.76. The van der Waals surface area contributed by atoms with Gasteiger partial charge in [0.2, 0.25) is 5.91 Å². The standard InChI is InChI=1S/C16H19N3OS/c1-10(7-12-3-2-6-21-12)18-15-9-14-11(8-13(15)17)4-5-16(20)19-14/h2-3,6,8-10,18H,4-5,7,17H2,1H3,(H,19,20). The number of nitrogen functional groups attached to an aromatic ring is 1. The van der Waals surface area contributed by atoms with Crippen LogP contribution < -0.4 is 16.4 Å². The van der Waals surface area contributed by atoms with Crippen molar-refractivity contribution in [3.63, 3.8) is 0 Å². The van der Waals surface area contributed by atoms with E-state index < -0.39 is 0 Å². The van der Waals surface area contributed by atoms with E-state index >= 15 is 0 Å². The predicted octanol–water partition coefficient (Wildman–Crippen LogP) is 3.26. The molecule has 0 fully saturated rings. The van der Waals surface area contributed by atoms with E-state index in [9.17, 15) is 4.79 Å². The lowest BCUT2D eigenvalue weighted by Gasteiger charge is -2.22. The number of rotatable bonds is 4. The quantitative estimate of drug-likeness (QED) is 0.759. The van der Waals surface area contributed by atoms with Gasteiger partial charge in [-0.15, -0.1) is 11.3 Å². The van der Waals surface area contributed by atoms with Gasteiger partial charge in [-0.1, -0.05) is 6.07 Å². The number of anilines is 3. The van der Waals surface area contributed by atoms with E-state index in [-0.39, 0.29) is 11.9 Å². The van der Waals surface area contributed by atoms with Crippen molar-refractivity contribution in [3.8, 4) is 0 Å². The molecule has 3 rings (SSSR count). The fourth-order valence-corrected chi connectivity index (χ4v) is 3.45. The molecule has 1 atom stereocenters. The summed E-state index contributed by atoms with van der Waals surface area (Å²) in [6, 6.07) is 8.40. The maximum atomic E-state index is 11.5. The molecule has 1 unspecified atom stereocenters. The predicted molar refractivity (Wildman–Crippen MR) is 88.9 cm³/mol. The Morgan fingerprint density at radius 1 is 1.43 bits per heavy atom. The van der Waals surface area contributed by atoms with Gasteiger partial charge in [-0.3, -0.25) is 4.79 Å². The van der Waals surface area contributed by atoms with Crippen LogP contribution in [0, 0.1) is 0 Å². The maximum Gasteiger partial charge on any atom is 0.224 e. The maximum absolute atomic E-state index is 11.5. The molecule has 2 heterocycles. The van der Waals surface area contributed by atoms with Gasteiger partial charge in [0.1, 0.15) is 0 Å². The molecule has 0 saturated carbocycles. The van der Waals surface area contributed by atoms with Crippen LogP contribution in [0.1, 0.15) is 23.8 Å². The van der Waals surface area contributed by atoms with E-state index in [0.29, 0.717) is 6.42 Å². The molecule has 0 radical (unpaired) electrons. The van der Waals surface area contributed by atoms with Gasteiger partial charge in [-0.25, -0.2) is 0 Å². The zero-order valence-corrected chi connectivity index (χ0v) is 12.8. The molecule has 0 aliphatic carbocycles. The minimum Gasteiger partial charge on any atom is -0.397 e. The normalized spacial score (nSPS) is 15.2. The minimum atomic E-state index is 0.0739. The van der Waals surface area contributed by atoms with Gasteiger partial charge in [-0.05, 0) is 42.5 Å². The monoisotopic (exact) mass is 301 g/mol. The Labute approximate surface area is 128 Å². The molecular weight excluding hydrogens is 282 g/mol. The Morgan fingerprint density at radius 3 is 3.05 bits per heavy atom. The number of fused-ring (bicyclic) bond motifs is 1. The number of benzene rings is 1. The molecule has 4 N–H and O–H groups in total. The van der Waals surface area contributed by atoms with Crippen LogP contribution in [0.4, 0.5) is 17.1 Å². The lowest BCUT2D eigenvalue weighted by Crippen LogP contribution is -2.21. The topological polar surface area (TPSA) is 67.1 Å². The Kier molecular flexibility index (Phi) is 3.84.